The van der Waals surface area contributed by atoms with E-state index < -0.39 is 0 Å². The maximum atomic E-state index is 2.38. The van der Waals surface area contributed by atoms with Crippen LogP contribution in [0.15, 0.2) is 0 Å². The average Bonchev–Trinajstić information content (AvgIpc) is 2.68. The Morgan fingerprint density at radius 2 is 0.593 bits per heavy atom. The SMILES string of the molecule is CCCCCCCCCCCCC(CCC)CCCCCCCCCCC. The number of unbranched alkanes of at least 4 members (excludes halogenated alkanes) is 17. The topological polar surface area (TPSA) is 0 Å². The second-order valence-electron chi connectivity index (χ2n) is 9.24. The van der Waals surface area contributed by atoms with Gasteiger partial charge in [0.25, 0.3) is 0 Å². The second kappa shape index (κ2) is 24.0. The average molecular weight is 381 g/mol. The molecule has 1 atom stereocenters. The predicted molar refractivity (Wildman–Crippen MR) is 127 cm³/mol. The molecule has 0 aliphatic rings. The predicted octanol–water partition coefficient (Wildman–Crippen LogP) is 10.6. The highest BCUT2D eigenvalue weighted by Gasteiger charge is 2.07. The lowest BCUT2D eigenvalue weighted by molar-refractivity contribution is 0.377. The molecule has 0 rings (SSSR count). The van der Waals surface area contributed by atoms with Gasteiger partial charge >= 0.3 is 0 Å². The van der Waals surface area contributed by atoms with Crippen LogP contribution in [-0.2, 0) is 0 Å². The number of hydrogen-bond acceptors (Lipinski definition) is 0. The molecule has 0 spiro atoms. The van der Waals surface area contributed by atoms with Gasteiger partial charge in [-0.3, -0.25) is 0 Å². The van der Waals surface area contributed by atoms with Crippen LogP contribution >= 0.6 is 0 Å². The molecule has 0 N–H and O–H groups in total. The molecule has 0 aliphatic heterocycles. The summed E-state index contributed by atoms with van der Waals surface area (Å²) in [7, 11) is 0. The Kier molecular flexibility index (Phi) is 24.0. The number of rotatable bonds is 23. The van der Waals surface area contributed by atoms with Crippen molar-refractivity contribution in [2.45, 2.75) is 168 Å². The summed E-state index contributed by atoms with van der Waals surface area (Å²) < 4.78 is 0. The third-order valence-corrected chi connectivity index (χ3v) is 6.38. The monoisotopic (exact) mass is 380 g/mol. The zero-order chi connectivity index (χ0) is 19.8. The van der Waals surface area contributed by atoms with Crippen LogP contribution in [0.25, 0.3) is 0 Å². The fourth-order valence-corrected chi connectivity index (χ4v) is 4.51. The summed E-state index contributed by atoms with van der Waals surface area (Å²) >= 11 is 0. The van der Waals surface area contributed by atoms with Gasteiger partial charge in [-0.05, 0) is 5.92 Å². The van der Waals surface area contributed by atoms with Crippen LogP contribution < -0.4 is 0 Å². The van der Waals surface area contributed by atoms with Crippen LogP contribution in [0.1, 0.15) is 168 Å². The Labute approximate surface area is 174 Å². The first-order valence-electron chi connectivity index (χ1n) is 13.3. The third-order valence-electron chi connectivity index (χ3n) is 6.38. The minimum absolute atomic E-state index is 1.04. The quantitative estimate of drug-likeness (QED) is 0.155. The summed E-state index contributed by atoms with van der Waals surface area (Å²) in [5.74, 6) is 1.04. The van der Waals surface area contributed by atoms with Crippen molar-refractivity contribution in [3.05, 3.63) is 0 Å². The first-order valence-corrected chi connectivity index (χ1v) is 13.3. The van der Waals surface area contributed by atoms with E-state index in [1.165, 1.54) is 148 Å². The minimum atomic E-state index is 1.04. The van der Waals surface area contributed by atoms with Gasteiger partial charge in [-0.2, -0.15) is 0 Å². The first kappa shape index (κ1) is 27.0. The first-order chi connectivity index (χ1) is 13.3. The van der Waals surface area contributed by atoms with Crippen LogP contribution in [0, 0.1) is 5.92 Å². The fourth-order valence-electron chi connectivity index (χ4n) is 4.51. The van der Waals surface area contributed by atoms with E-state index in [0.717, 1.165) is 5.92 Å². The van der Waals surface area contributed by atoms with Gasteiger partial charge in [0.05, 0.1) is 0 Å². The Morgan fingerprint density at radius 1 is 0.296 bits per heavy atom. The molecule has 0 aromatic heterocycles. The van der Waals surface area contributed by atoms with Gasteiger partial charge in [0.15, 0.2) is 0 Å². The molecule has 0 bridgehead atoms. The molecule has 1 unspecified atom stereocenters. The van der Waals surface area contributed by atoms with Crippen LogP contribution in [0.4, 0.5) is 0 Å². The largest absolute Gasteiger partial charge is 0.0654 e. The summed E-state index contributed by atoms with van der Waals surface area (Å²) in [6.07, 6.45) is 33.8. The van der Waals surface area contributed by atoms with Crippen molar-refractivity contribution >= 4 is 0 Å². The maximum Gasteiger partial charge on any atom is -0.0414 e. The summed E-state index contributed by atoms with van der Waals surface area (Å²) in [5.41, 5.74) is 0. The van der Waals surface area contributed by atoms with Crippen molar-refractivity contribution in [2.24, 2.45) is 5.92 Å². The van der Waals surface area contributed by atoms with Gasteiger partial charge in [-0.1, -0.05) is 168 Å². The van der Waals surface area contributed by atoms with Gasteiger partial charge in [0, 0.05) is 0 Å². The maximum absolute atomic E-state index is 2.38. The summed E-state index contributed by atoms with van der Waals surface area (Å²) in [6, 6.07) is 0. The lowest BCUT2D eigenvalue weighted by Gasteiger charge is -2.16. The summed E-state index contributed by atoms with van der Waals surface area (Å²) in [6.45, 7) is 6.99. The highest BCUT2D eigenvalue weighted by molar-refractivity contribution is 4.61. The smallest absolute Gasteiger partial charge is 0.0414 e. The number of hydrogen-bond donors (Lipinski definition) is 0. The molecule has 164 valence electrons. The van der Waals surface area contributed by atoms with E-state index in [1.807, 2.05) is 0 Å². The molecule has 0 fully saturated rings. The summed E-state index contributed by atoms with van der Waals surface area (Å²) in [4.78, 5) is 0. The molecule has 0 saturated carbocycles. The van der Waals surface area contributed by atoms with Crippen molar-refractivity contribution in [1.82, 2.24) is 0 Å². The fraction of sp³-hybridized carbons (Fsp3) is 1.00. The van der Waals surface area contributed by atoms with Gasteiger partial charge in [-0.25, -0.2) is 0 Å². The molecular weight excluding hydrogens is 324 g/mol. The van der Waals surface area contributed by atoms with Crippen LogP contribution in [-0.4, -0.2) is 0 Å². The van der Waals surface area contributed by atoms with Gasteiger partial charge in [0.1, 0.15) is 0 Å². The standard InChI is InChI=1S/C27H56/c1-4-7-9-11-13-15-17-19-21-23-26-27(24-6-3)25-22-20-18-16-14-12-10-8-5-2/h27H,4-26H2,1-3H3. The molecule has 0 radical (unpaired) electrons. The second-order valence-corrected chi connectivity index (χ2v) is 9.24. The van der Waals surface area contributed by atoms with E-state index in [1.54, 1.807) is 0 Å². The van der Waals surface area contributed by atoms with Crippen molar-refractivity contribution in [1.29, 1.82) is 0 Å². The molecule has 0 saturated heterocycles. The van der Waals surface area contributed by atoms with Crippen LogP contribution in [0.2, 0.25) is 0 Å². The molecule has 0 heterocycles. The van der Waals surface area contributed by atoms with Crippen molar-refractivity contribution in [3.8, 4) is 0 Å². The van der Waals surface area contributed by atoms with E-state index in [2.05, 4.69) is 20.8 Å². The molecule has 0 heteroatoms. The Balaban J connectivity index is 3.41. The van der Waals surface area contributed by atoms with Crippen LogP contribution in [0.5, 0.6) is 0 Å². The summed E-state index contributed by atoms with van der Waals surface area (Å²) in [5, 5.41) is 0. The zero-order valence-electron chi connectivity index (χ0n) is 19.8. The highest BCUT2D eigenvalue weighted by Crippen LogP contribution is 2.23. The van der Waals surface area contributed by atoms with Crippen molar-refractivity contribution in [3.63, 3.8) is 0 Å². The molecular formula is C27H56. The van der Waals surface area contributed by atoms with Crippen LogP contribution in [0.3, 0.4) is 0 Å². The molecule has 0 aromatic carbocycles. The van der Waals surface area contributed by atoms with E-state index in [9.17, 15) is 0 Å². The van der Waals surface area contributed by atoms with Gasteiger partial charge < -0.3 is 0 Å². The van der Waals surface area contributed by atoms with E-state index >= 15 is 0 Å². The third kappa shape index (κ3) is 22.2. The van der Waals surface area contributed by atoms with Crippen molar-refractivity contribution in [2.75, 3.05) is 0 Å². The molecule has 27 heavy (non-hydrogen) atoms. The normalized spacial score (nSPS) is 12.6. The molecule has 0 amide bonds. The van der Waals surface area contributed by atoms with E-state index in [-0.39, 0.29) is 0 Å². The molecule has 0 nitrogen and oxygen atoms in total. The minimum Gasteiger partial charge on any atom is -0.0654 e. The van der Waals surface area contributed by atoms with E-state index in [0.29, 0.717) is 0 Å². The van der Waals surface area contributed by atoms with Crippen molar-refractivity contribution < 1.29 is 0 Å². The lowest BCUT2D eigenvalue weighted by atomic mass is 9.90. The Hall–Kier alpha value is 0. The Bertz CT molecular complexity index is 244. The molecule has 0 aromatic rings. The highest BCUT2D eigenvalue weighted by atomic mass is 14.1. The van der Waals surface area contributed by atoms with Gasteiger partial charge in [-0.15, -0.1) is 0 Å². The Morgan fingerprint density at radius 3 is 0.889 bits per heavy atom. The molecule has 0 aliphatic carbocycles. The van der Waals surface area contributed by atoms with Gasteiger partial charge in [0.2, 0.25) is 0 Å². The van der Waals surface area contributed by atoms with E-state index in [4.69, 9.17) is 0 Å². The lowest BCUT2D eigenvalue weighted by Crippen LogP contribution is -2.00. The zero-order valence-corrected chi connectivity index (χ0v) is 19.8.